The van der Waals surface area contributed by atoms with E-state index in [-0.39, 0.29) is 5.91 Å². The molecule has 0 saturated carbocycles. The number of ether oxygens (including phenoxy) is 1. The van der Waals surface area contributed by atoms with Crippen LogP contribution in [-0.2, 0) is 4.74 Å². The van der Waals surface area contributed by atoms with E-state index in [4.69, 9.17) is 4.74 Å². The highest BCUT2D eigenvalue weighted by molar-refractivity contribution is 7.20. The number of thiophene rings is 1. The monoisotopic (exact) mass is 424 g/mol. The minimum Gasteiger partial charge on any atom is -0.462 e. The number of benzene rings is 1. The Hall–Kier alpha value is -3.00. The van der Waals surface area contributed by atoms with E-state index >= 15 is 0 Å². The van der Waals surface area contributed by atoms with Crippen molar-refractivity contribution in [3.05, 3.63) is 46.1 Å². The first-order valence-corrected chi connectivity index (χ1v) is 10.9. The maximum Gasteiger partial charge on any atom is 0.338 e. The van der Waals surface area contributed by atoms with Crippen LogP contribution in [0.1, 0.15) is 51.2 Å². The standard InChI is InChI=1S/C22H24N4O3S/c1-4-29-22(28)15-8-7-9-16(12-15)25-20(27)18-13(2)17-19(26-10-5-6-11-26)23-14(3)24-21(17)30-18/h7-9,12H,4-6,10-11H2,1-3H3,(H,25,27). The van der Waals surface area contributed by atoms with Crippen LogP contribution < -0.4 is 10.2 Å². The van der Waals surface area contributed by atoms with Gasteiger partial charge in [0.15, 0.2) is 0 Å². The fraction of sp³-hybridized carbons (Fsp3) is 0.364. The van der Waals surface area contributed by atoms with Gasteiger partial charge in [-0.1, -0.05) is 6.07 Å². The van der Waals surface area contributed by atoms with Crippen LogP contribution in [0.5, 0.6) is 0 Å². The first-order chi connectivity index (χ1) is 14.5. The molecule has 4 rings (SSSR count). The molecular formula is C22H24N4O3S. The van der Waals surface area contributed by atoms with Crippen molar-refractivity contribution in [3.63, 3.8) is 0 Å². The fourth-order valence-electron chi connectivity index (χ4n) is 3.72. The van der Waals surface area contributed by atoms with Gasteiger partial charge in [0, 0.05) is 18.8 Å². The number of carbonyl (C=O) groups is 2. The van der Waals surface area contributed by atoms with Gasteiger partial charge in [-0.15, -0.1) is 11.3 Å². The van der Waals surface area contributed by atoms with Crippen LogP contribution in [0, 0.1) is 13.8 Å². The molecule has 3 aromatic rings. The van der Waals surface area contributed by atoms with E-state index in [2.05, 4.69) is 20.2 Å². The van der Waals surface area contributed by atoms with E-state index < -0.39 is 5.97 Å². The van der Waals surface area contributed by atoms with Gasteiger partial charge < -0.3 is 15.0 Å². The Kier molecular flexibility index (Phi) is 5.67. The van der Waals surface area contributed by atoms with Gasteiger partial charge in [-0.25, -0.2) is 14.8 Å². The number of hydrogen-bond donors (Lipinski definition) is 1. The van der Waals surface area contributed by atoms with E-state index in [0.29, 0.717) is 28.6 Å². The SMILES string of the molecule is CCOC(=O)c1cccc(NC(=O)c2sc3nc(C)nc(N4CCCC4)c3c2C)c1. The van der Waals surface area contributed by atoms with E-state index in [1.165, 1.54) is 11.3 Å². The molecule has 156 valence electrons. The Bertz CT molecular complexity index is 1120. The Balaban J connectivity index is 1.66. The summed E-state index contributed by atoms with van der Waals surface area (Å²) in [6, 6.07) is 6.76. The van der Waals surface area contributed by atoms with Crippen molar-refractivity contribution in [3.8, 4) is 0 Å². The number of esters is 1. The lowest BCUT2D eigenvalue weighted by atomic mass is 10.1. The first kappa shape index (κ1) is 20.3. The molecule has 0 atom stereocenters. The molecule has 1 saturated heterocycles. The first-order valence-electron chi connectivity index (χ1n) is 10.1. The zero-order chi connectivity index (χ0) is 21.3. The molecule has 0 unspecified atom stereocenters. The molecule has 8 heteroatoms. The smallest absolute Gasteiger partial charge is 0.338 e. The maximum atomic E-state index is 13.1. The number of carbonyl (C=O) groups excluding carboxylic acids is 2. The van der Waals surface area contributed by atoms with Crippen LogP contribution in [0.25, 0.3) is 10.2 Å². The highest BCUT2D eigenvalue weighted by Crippen LogP contribution is 2.36. The number of aryl methyl sites for hydroxylation is 2. The number of hydrogen-bond acceptors (Lipinski definition) is 7. The molecule has 7 nitrogen and oxygen atoms in total. The third kappa shape index (κ3) is 3.87. The number of aromatic nitrogens is 2. The second kappa shape index (κ2) is 8.39. The number of fused-ring (bicyclic) bond motifs is 1. The molecule has 1 amide bonds. The van der Waals surface area contributed by atoms with E-state index in [0.717, 1.165) is 47.5 Å². The lowest BCUT2D eigenvalue weighted by Gasteiger charge is -2.18. The summed E-state index contributed by atoms with van der Waals surface area (Å²) in [4.78, 5) is 38.0. The lowest BCUT2D eigenvalue weighted by Crippen LogP contribution is -2.20. The third-order valence-corrected chi connectivity index (χ3v) is 6.31. The van der Waals surface area contributed by atoms with Crippen molar-refractivity contribution < 1.29 is 14.3 Å². The number of anilines is 2. The molecule has 0 radical (unpaired) electrons. The number of nitrogens with one attached hydrogen (secondary N) is 1. The van der Waals surface area contributed by atoms with Gasteiger partial charge in [0.25, 0.3) is 5.91 Å². The molecule has 1 aliphatic rings. The van der Waals surface area contributed by atoms with Gasteiger partial charge in [0.05, 0.1) is 22.4 Å². The fourth-order valence-corrected chi connectivity index (χ4v) is 4.84. The molecular weight excluding hydrogens is 400 g/mol. The van der Waals surface area contributed by atoms with Crippen LogP contribution in [0.15, 0.2) is 24.3 Å². The highest BCUT2D eigenvalue weighted by Gasteiger charge is 2.24. The number of rotatable bonds is 5. The summed E-state index contributed by atoms with van der Waals surface area (Å²) in [5.74, 6) is 1.00. The molecule has 0 aliphatic carbocycles. The van der Waals surface area contributed by atoms with Crippen molar-refractivity contribution in [1.82, 2.24) is 9.97 Å². The number of nitrogens with zero attached hydrogens (tertiary/aromatic N) is 3. The zero-order valence-electron chi connectivity index (χ0n) is 17.3. The van der Waals surface area contributed by atoms with Crippen LogP contribution in [0.3, 0.4) is 0 Å². The quantitative estimate of drug-likeness (QED) is 0.614. The van der Waals surface area contributed by atoms with Crippen molar-refractivity contribution in [2.24, 2.45) is 0 Å². The van der Waals surface area contributed by atoms with Gasteiger partial charge in [0.2, 0.25) is 0 Å². The highest BCUT2D eigenvalue weighted by atomic mass is 32.1. The summed E-state index contributed by atoms with van der Waals surface area (Å²) in [6.07, 6.45) is 2.30. The zero-order valence-corrected chi connectivity index (χ0v) is 18.1. The van der Waals surface area contributed by atoms with E-state index in [9.17, 15) is 9.59 Å². The van der Waals surface area contributed by atoms with Gasteiger partial charge in [-0.3, -0.25) is 4.79 Å². The second-order valence-electron chi connectivity index (χ2n) is 7.28. The van der Waals surface area contributed by atoms with Gasteiger partial charge >= 0.3 is 5.97 Å². The molecule has 1 N–H and O–H groups in total. The minimum absolute atomic E-state index is 0.221. The summed E-state index contributed by atoms with van der Waals surface area (Å²) < 4.78 is 5.04. The van der Waals surface area contributed by atoms with Crippen LogP contribution in [0.2, 0.25) is 0 Å². The van der Waals surface area contributed by atoms with Crippen LogP contribution in [0.4, 0.5) is 11.5 Å². The van der Waals surface area contributed by atoms with Crippen molar-refractivity contribution >= 4 is 44.9 Å². The van der Waals surface area contributed by atoms with Gasteiger partial charge in [-0.2, -0.15) is 0 Å². The summed E-state index contributed by atoms with van der Waals surface area (Å²) in [7, 11) is 0. The second-order valence-corrected chi connectivity index (χ2v) is 8.28. The predicted molar refractivity (Wildman–Crippen MR) is 119 cm³/mol. The Morgan fingerprint density at radius 1 is 1.20 bits per heavy atom. The molecule has 3 heterocycles. The largest absolute Gasteiger partial charge is 0.462 e. The third-order valence-electron chi connectivity index (χ3n) is 5.13. The molecule has 1 fully saturated rings. The molecule has 0 spiro atoms. The van der Waals surface area contributed by atoms with Gasteiger partial charge in [0.1, 0.15) is 16.5 Å². The Labute approximate surface area is 179 Å². The van der Waals surface area contributed by atoms with Crippen molar-refractivity contribution in [2.75, 3.05) is 29.9 Å². The number of amides is 1. The van der Waals surface area contributed by atoms with Gasteiger partial charge in [-0.05, 0) is 57.4 Å². The lowest BCUT2D eigenvalue weighted by molar-refractivity contribution is 0.0526. The summed E-state index contributed by atoms with van der Waals surface area (Å²) in [6.45, 7) is 7.84. The van der Waals surface area contributed by atoms with Crippen LogP contribution >= 0.6 is 11.3 Å². The van der Waals surface area contributed by atoms with E-state index in [1.807, 2.05) is 13.8 Å². The summed E-state index contributed by atoms with van der Waals surface area (Å²) >= 11 is 1.38. The average Bonchev–Trinajstić information content (AvgIpc) is 3.36. The Morgan fingerprint density at radius 3 is 2.70 bits per heavy atom. The topological polar surface area (TPSA) is 84.4 Å². The molecule has 1 aliphatic heterocycles. The molecule has 0 bridgehead atoms. The summed E-state index contributed by atoms with van der Waals surface area (Å²) in [5, 5.41) is 3.86. The predicted octanol–water partition coefficient (Wildman–Crippen LogP) is 4.34. The minimum atomic E-state index is -0.410. The van der Waals surface area contributed by atoms with Crippen molar-refractivity contribution in [1.29, 1.82) is 0 Å². The molecule has 30 heavy (non-hydrogen) atoms. The maximum absolute atomic E-state index is 13.1. The normalized spacial score (nSPS) is 13.6. The van der Waals surface area contributed by atoms with Crippen LogP contribution in [-0.4, -0.2) is 41.5 Å². The average molecular weight is 425 g/mol. The van der Waals surface area contributed by atoms with Crippen molar-refractivity contribution in [2.45, 2.75) is 33.6 Å². The summed E-state index contributed by atoms with van der Waals surface area (Å²) in [5.41, 5.74) is 1.83. The molecule has 2 aromatic heterocycles. The Morgan fingerprint density at radius 2 is 1.97 bits per heavy atom. The molecule has 1 aromatic carbocycles. The van der Waals surface area contributed by atoms with E-state index in [1.54, 1.807) is 31.2 Å².